The van der Waals surface area contributed by atoms with Crippen LogP contribution in [0, 0.1) is 12.8 Å². The molecule has 0 aliphatic carbocycles. The molecule has 6 heteroatoms. The van der Waals surface area contributed by atoms with Gasteiger partial charge in [0, 0.05) is 11.4 Å². The lowest BCUT2D eigenvalue weighted by Gasteiger charge is -2.16. The third-order valence-electron chi connectivity index (χ3n) is 3.37. The van der Waals surface area contributed by atoms with E-state index in [-0.39, 0.29) is 5.92 Å². The minimum absolute atomic E-state index is 0.0260. The van der Waals surface area contributed by atoms with Gasteiger partial charge in [0.05, 0.1) is 5.25 Å². The van der Waals surface area contributed by atoms with E-state index in [0.29, 0.717) is 11.4 Å². The first kappa shape index (κ1) is 16.5. The average Bonchev–Trinajstić information content (AvgIpc) is 2.32. The molecule has 0 bridgehead atoms. The molecule has 0 aliphatic heterocycles. The second-order valence-corrected chi connectivity index (χ2v) is 7.74. The highest BCUT2D eigenvalue weighted by Gasteiger charge is 2.26. The van der Waals surface area contributed by atoms with E-state index in [2.05, 4.69) is 5.32 Å². The number of benzene rings is 1. The largest absolute Gasteiger partial charge is 0.399 e. The molecule has 0 saturated heterocycles. The zero-order valence-electron chi connectivity index (χ0n) is 12.3. The fraction of sp³-hybridized carbons (Fsp3) is 0.500. The Morgan fingerprint density at radius 3 is 2.45 bits per heavy atom. The normalized spacial score (nSPS) is 13.2. The van der Waals surface area contributed by atoms with Crippen LogP contribution in [-0.4, -0.2) is 25.3 Å². The SMILES string of the molecule is Cc1ccc(N)cc1NC(=O)CS(=O)(=O)C(C)C(C)C. The number of hydrogen-bond acceptors (Lipinski definition) is 4. The van der Waals surface area contributed by atoms with E-state index in [1.165, 1.54) is 0 Å². The number of nitrogens with two attached hydrogens (primary N) is 1. The quantitative estimate of drug-likeness (QED) is 0.813. The molecule has 0 saturated carbocycles. The van der Waals surface area contributed by atoms with Gasteiger partial charge in [0.2, 0.25) is 5.91 Å². The summed E-state index contributed by atoms with van der Waals surface area (Å²) >= 11 is 0. The predicted octanol–water partition coefficient (Wildman–Crippen LogP) is 1.98. The van der Waals surface area contributed by atoms with Gasteiger partial charge in [-0.05, 0) is 37.5 Å². The monoisotopic (exact) mass is 298 g/mol. The maximum absolute atomic E-state index is 12.0. The molecule has 112 valence electrons. The maximum Gasteiger partial charge on any atom is 0.239 e. The Balaban J connectivity index is 2.81. The van der Waals surface area contributed by atoms with Crippen molar-refractivity contribution < 1.29 is 13.2 Å². The van der Waals surface area contributed by atoms with Crippen LogP contribution >= 0.6 is 0 Å². The number of anilines is 2. The Morgan fingerprint density at radius 1 is 1.30 bits per heavy atom. The fourth-order valence-electron chi connectivity index (χ4n) is 1.69. The van der Waals surface area contributed by atoms with E-state index in [9.17, 15) is 13.2 Å². The Labute approximate surface area is 120 Å². The molecule has 1 aromatic carbocycles. The number of carbonyl (C=O) groups excluding carboxylic acids is 1. The van der Waals surface area contributed by atoms with Crippen LogP contribution < -0.4 is 11.1 Å². The van der Waals surface area contributed by atoms with E-state index in [1.54, 1.807) is 25.1 Å². The number of carbonyl (C=O) groups is 1. The summed E-state index contributed by atoms with van der Waals surface area (Å²) in [7, 11) is -3.45. The minimum Gasteiger partial charge on any atom is -0.399 e. The molecule has 20 heavy (non-hydrogen) atoms. The Kier molecular flexibility index (Phi) is 5.16. The zero-order chi connectivity index (χ0) is 15.5. The Morgan fingerprint density at radius 2 is 1.90 bits per heavy atom. The molecule has 0 aromatic heterocycles. The molecule has 0 radical (unpaired) electrons. The van der Waals surface area contributed by atoms with Crippen molar-refractivity contribution in [1.82, 2.24) is 0 Å². The van der Waals surface area contributed by atoms with Crippen LogP contribution in [0.2, 0.25) is 0 Å². The number of amides is 1. The number of nitrogen functional groups attached to an aromatic ring is 1. The molecule has 0 spiro atoms. The smallest absolute Gasteiger partial charge is 0.239 e. The topological polar surface area (TPSA) is 89.3 Å². The van der Waals surface area contributed by atoms with Crippen LogP contribution in [0.4, 0.5) is 11.4 Å². The highest BCUT2D eigenvalue weighted by Crippen LogP contribution is 2.19. The highest BCUT2D eigenvalue weighted by molar-refractivity contribution is 7.92. The van der Waals surface area contributed by atoms with E-state index in [4.69, 9.17) is 5.73 Å². The van der Waals surface area contributed by atoms with Crippen molar-refractivity contribution in [3.8, 4) is 0 Å². The second kappa shape index (κ2) is 6.26. The highest BCUT2D eigenvalue weighted by atomic mass is 32.2. The first-order chi connectivity index (χ1) is 9.13. The second-order valence-electron chi connectivity index (χ2n) is 5.38. The summed E-state index contributed by atoms with van der Waals surface area (Å²) < 4.78 is 24.1. The first-order valence-corrected chi connectivity index (χ1v) is 8.22. The molecule has 3 N–H and O–H groups in total. The number of nitrogens with one attached hydrogen (secondary N) is 1. The van der Waals surface area contributed by atoms with E-state index >= 15 is 0 Å². The van der Waals surface area contributed by atoms with Gasteiger partial charge >= 0.3 is 0 Å². The summed E-state index contributed by atoms with van der Waals surface area (Å²) in [5, 5.41) is 2.06. The van der Waals surface area contributed by atoms with Gasteiger partial charge in [0.25, 0.3) is 0 Å². The van der Waals surface area contributed by atoms with Crippen LogP contribution in [0.1, 0.15) is 26.3 Å². The first-order valence-electron chi connectivity index (χ1n) is 6.51. The molecular formula is C14H22N2O3S. The van der Waals surface area contributed by atoms with Gasteiger partial charge in [-0.2, -0.15) is 0 Å². The van der Waals surface area contributed by atoms with Crippen molar-refractivity contribution in [3.05, 3.63) is 23.8 Å². The lowest BCUT2D eigenvalue weighted by molar-refractivity contribution is -0.113. The molecule has 1 rings (SSSR count). The zero-order valence-corrected chi connectivity index (χ0v) is 13.1. The fourth-order valence-corrected chi connectivity index (χ4v) is 3.22. The van der Waals surface area contributed by atoms with Gasteiger partial charge in [-0.25, -0.2) is 8.42 Å². The summed E-state index contributed by atoms with van der Waals surface area (Å²) in [5.74, 6) is -1.08. The van der Waals surface area contributed by atoms with Gasteiger partial charge in [0.1, 0.15) is 5.75 Å². The summed E-state index contributed by atoms with van der Waals surface area (Å²) in [6.07, 6.45) is 0. The third kappa shape index (κ3) is 4.23. The molecule has 0 heterocycles. The van der Waals surface area contributed by atoms with Gasteiger partial charge < -0.3 is 11.1 Å². The van der Waals surface area contributed by atoms with Crippen LogP contribution in [0.5, 0.6) is 0 Å². The van der Waals surface area contributed by atoms with Crippen molar-refractivity contribution in [2.75, 3.05) is 16.8 Å². The molecular weight excluding hydrogens is 276 g/mol. The maximum atomic E-state index is 12.0. The number of aryl methyl sites for hydroxylation is 1. The molecule has 1 amide bonds. The van der Waals surface area contributed by atoms with Crippen molar-refractivity contribution in [1.29, 1.82) is 0 Å². The summed E-state index contributed by atoms with van der Waals surface area (Å²) in [4.78, 5) is 11.9. The molecule has 1 unspecified atom stereocenters. The van der Waals surface area contributed by atoms with Gasteiger partial charge in [0.15, 0.2) is 9.84 Å². The summed E-state index contributed by atoms with van der Waals surface area (Å²) in [6, 6.07) is 5.12. The number of sulfone groups is 1. The Bertz CT molecular complexity index is 594. The van der Waals surface area contributed by atoms with Gasteiger partial charge in [-0.1, -0.05) is 19.9 Å². The molecule has 1 aromatic rings. The molecule has 5 nitrogen and oxygen atoms in total. The Hall–Kier alpha value is -1.56. The van der Waals surface area contributed by atoms with Crippen LogP contribution in [0.15, 0.2) is 18.2 Å². The van der Waals surface area contributed by atoms with Crippen LogP contribution in [-0.2, 0) is 14.6 Å². The molecule has 0 fully saturated rings. The average molecular weight is 298 g/mol. The number of hydrogen-bond donors (Lipinski definition) is 2. The summed E-state index contributed by atoms with van der Waals surface area (Å²) in [6.45, 7) is 7.09. The van der Waals surface area contributed by atoms with Gasteiger partial charge in [-0.3, -0.25) is 4.79 Å². The third-order valence-corrected chi connectivity index (χ3v) is 5.72. The van der Waals surface area contributed by atoms with E-state index in [1.807, 2.05) is 20.8 Å². The van der Waals surface area contributed by atoms with Crippen LogP contribution in [0.25, 0.3) is 0 Å². The van der Waals surface area contributed by atoms with Crippen molar-refractivity contribution in [3.63, 3.8) is 0 Å². The van der Waals surface area contributed by atoms with Crippen molar-refractivity contribution in [2.45, 2.75) is 32.9 Å². The number of rotatable bonds is 5. The minimum atomic E-state index is -3.45. The van der Waals surface area contributed by atoms with Crippen molar-refractivity contribution in [2.24, 2.45) is 5.92 Å². The van der Waals surface area contributed by atoms with E-state index < -0.39 is 26.7 Å². The lowest BCUT2D eigenvalue weighted by atomic mass is 10.2. The standard InChI is InChI=1S/C14H22N2O3S/c1-9(2)11(4)20(18,19)8-14(17)16-13-7-12(15)6-5-10(13)3/h5-7,9,11H,8,15H2,1-4H3,(H,16,17). The molecule has 1 atom stereocenters. The van der Waals surface area contributed by atoms with Crippen LogP contribution in [0.3, 0.4) is 0 Å². The lowest BCUT2D eigenvalue weighted by Crippen LogP contribution is -2.32. The predicted molar refractivity (Wildman–Crippen MR) is 82.3 cm³/mol. The summed E-state index contributed by atoms with van der Waals surface area (Å²) in [5.41, 5.74) is 7.55. The van der Waals surface area contributed by atoms with Gasteiger partial charge in [-0.15, -0.1) is 0 Å². The van der Waals surface area contributed by atoms with E-state index in [0.717, 1.165) is 5.56 Å². The molecule has 0 aliphatic rings. The van der Waals surface area contributed by atoms with Crippen molar-refractivity contribution >= 4 is 27.1 Å².